The molecule has 0 aromatic carbocycles. The number of hydrogen-bond acceptors (Lipinski definition) is 4. The van der Waals surface area contributed by atoms with Gasteiger partial charge in [-0.2, -0.15) is 5.48 Å². The summed E-state index contributed by atoms with van der Waals surface area (Å²) in [5, 5.41) is 7.96. The van der Waals surface area contributed by atoms with Crippen molar-refractivity contribution < 1.29 is 24.3 Å². The van der Waals surface area contributed by atoms with Crippen LogP contribution in [-0.4, -0.2) is 23.0 Å². The predicted octanol–water partition coefficient (Wildman–Crippen LogP) is -0.945. The molecular formula is C5H7NO5. The molecule has 0 radical (unpaired) electrons. The first-order valence-electron chi connectivity index (χ1n) is 2.80. The smallest absolute Gasteiger partial charge is 0.397 e. The Balaban J connectivity index is 3.63. The average Bonchev–Trinajstić information content (AvgIpc) is 1.99. The largest absolute Gasteiger partial charge is 0.474 e. The van der Waals surface area contributed by atoms with Gasteiger partial charge in [0.2, 0.25) is 0 Å². The normalized spacial score (nSPS) is 8.45. The van der Waals surface area contributed by atoms with E-state index in [1.807, 2.05) is 0 Å². The Morgan fingerprint density at radius 1 is 1.45 bits per heavy atom. The predicted molar refractivity (Wildman–Crippen MR) is 32.2 cm³/mol. The molecule has 0 aliphatic rings. The first kappa shape index (κ1) is 9.41. The van der Waals surface area contributed by atoms with E-state index < -0.39 is 17.8 Å². The number of carbonyl (C=O) groups excluding carboxylic acids is 2. The maximum atomic E-state index is 10.3. The molecule has 62 valence electrons. The van der Waals surface area contributed by atoms with Gasteiger partial charge in [-0.15, -0.1) is 0 Å². The molecule has 0 bridgehead atoms. The van der Waals surface area contributed by atoms with Crippen LogP contribution in [0.2, 0.25) is 0 Å². The maximum absolute atomic E-state index is 10.3. The van der Waals surface area contributed by atoms with Crippen molar-refractivity contribution in [3.8, 4) is 0 Å². The molecule has 0 spiro atoms. The van der Waals surface area contributed by atoms with Gasteiger partial charge in [0.1, 0.15) is 0 Å². The van der Waals surface area contributed by atoms with Gasteiger partial charge in [-0.1, -0.05) is 6.92 Å². The first-order valence-corrected chi connectivity index (χ1v) is 2.80. The van der Waals surface area contributed by atoms with E-state index in [4.69, 9.17) is 5.11 Å². The third-order valence-corrected chi connectivity index (χ3v) is 0.740. The minimum Gasteiger partial charge on any atom is -0.474 e. The molecule has 0 saturated carbocycles. The van der Waals surface area contributed by atoms with Crippen molar-refractivity contribution in [2.45, 2.75) is 13.3 Å². The average molecular weight is 161 g/mol. The molecular weight excluding hydrogens is 154 g/mol. The van der Waals surface area contributed by atoms with Crippen molar-refractivity contribution in [1.29, 1.82) is 0 Å². The molecule has 0 unspecified atom stereocenters. The Hall–Kier alpha value is -1.59. The second kappa shape index (κ2) is 4.26. The van der Waals surface area contributed by atoms with Gasteiger partial charge >= 0.3 is 17.8 Å². The summed E-state index contributed by atoms with van der Waals surface area (Å²) >= 11 is 0. The van der Waals surface area contributed by atoms with E-state index in [1.165, 1.54) is 12.4 Å². The fourth-order valence-corrected chi connectivity index (χ4v) is 0.219. The maximum Gasteiger partial charge on any atom is 0.397 e. The first-order chi connectivity index (χ1) is 5.07. The Morgan fingerprint density at radius 3 is 2.36 bits per heavy atom. The summed E-state index contributed by atoms with van der Waals surface area (Å²) in [6, 6.07) is 0. The Morgan fingerprint density at radius 2 is 2.00 bits per heavy atom. The lowest BCUT2D eigenvalue weighted by Gasteiger charge is -1.99. The van der Waals surface area contributed by atoms with E-state index in [2.05, 4.69) is 4.84 Å². The van der Waals surface area contributed by atoms with Crippen molar-refractivity contribution in [2.75, 3.05) is 0 Å². The topological polar surface area (TPSA) is 92.7 Å². The summed E-state index contributed by atoms with van der Waals surface area (Å²) < 4.78 is 0. The summed E-state index contributed by atoms with van der Waals surface area (Å²) in [6.45, 7) is 1.51. The molecule has 0 aliphatic carbocycles. The van der Waals surface area contributed by atoms with Crippen LogP contribution in [0.4, 0.5) is 0 Å². The van der Waals surface area contributed by atoms with Gasteiger partial charge in [0.25, 0.3) is 0 Å². The highest BCUT2D eigenvalue weighted by Crippen LogP contribution is 1.79. The fourth-order valence-electron chi connectivity index (χ4n) is 0.219. The molecule has 0 saturated heterocycles. The van der Waals surface area contributed by atoms with Crippen molar-refractivity contribution in [2.24, 2.45) is 0 Å². The molecule has 0 aliphatic heterocycles. The number of carboxylic acids is 1. The summed E-state index contributed by atoms with van der Waals surface area (Å²) in [5.74, 6) is -3.76. The summed E-state index contributed by atoms with van der Waals surface area (Å²) in [4.78, 5) is 34.3. The number of rotatable bonds is 1. The van der Waals surface area contributed by atoms with E-state index in [9.17, 15) is 14.4 Å². The lowest BCUT2D eigenvalue weighted by atomic mass is 10.5. The molecule has 0 heterocycles. The number of carboxylic acid groups (broad SMARTS) is 1. The second-order valence-corrected chi connectivity index (χ2v) is 1.56. The summed E-state index contributed by atoms with van der Waals surface area (Å²) in [7, 11) is 0. The van der Waals surface area contributed by atoms with E-state index in [-0.39, 0.29) is 6.42 Å². The lowest BCUT2D eigenvalue weighted by molar-refractivity contribution is -0.164. The zero-order chi connectivity index (χ0) is 8.85. The molecule has 6 nitrogen and oxygen atoms in total. The van der Waals surface area contributed by atoms with Gasteiger partial charge in [0.15, 0.2) is 0 Å². The van der Waals surface area contributed by atoms with Crippen LogP contribution < -0.4 is 5.48 Å². The monoisotopic (exact) mass is 161 g/mol. The molecule has 0 aromatic rings. The molecule has 1 amide bonds. The highest BCUT2D eigenvalue weighted by Gasteiger charge is 2.12. The standard InChI is InChI=1S/C5H7NO5/c1-2-3(7)11-6-4(8)5(9)10/h2H2,1H3,(H,6,8)(H,9,10). The zero-order valence-corrected chi connectivity index (χ0v) is 5.79. The Bertz CT molecular complexity index is 187. The van der Waals surface area contributed by atoms with Crippen LogP contribution in [0.5, 0.6) is 0 Å². The number of aliphatic carboxylic acids is 1. The van der Waals surface area contributed by atoms with Gasteiger partial charge in [-0.25, -0.2) is 9.59 Å². The number of hydrogen-bond donors (Lipinski definition) is 2. The van der Waals surface area contributed by atoms with Crippen LogP contribution in [-0.2, 0) is 19.2 Å². The Labute approximate surface area is 62.1 Å². The van der Waals surface area contributed by atoms with Crippen LogP contribution in [0.3, 0.4) is 0 Å². The number of carbonyl (C=O) groups is 3. The van der Waals surface area contributed by atoms with Crippen molar-refractivity contribution in [1.82, 2.24) is 5.48 Å². The van der Waals surface area contributed by atoms with E-state index in [1.54, 1.807) is 0 Å². The SMILES string of the molecule is CCC(=O)ONC(=O)C(=O)O. The number of nitrogens with one attached hydrogen (secondary N) is 1. The Kier molecular flexibility index (Phi) is 3.65. The van der Waals surface area contributed by atoms with Crippen LogP contribution in [0.25, 0.3) is 0 Å². The van der Waals surface area contributed by atoms with E-state index in [0.717, 1.165) is 0 Å². The highest BCUT2D eigenvalue weighted by atomic mass is 16.7. The third kappa shape index (κ3) is 3.90. The van der Waals surface area contributed by atoms with Gasteiger partial charge in [-0.3, -0.25) is 4.79 Å². The fraction of sp³-hybridized carbons (Fsp3) is 0.400. The van der Waals surface area contributed by atoms with Crippen LogP contribution in [0.15, 0.2) is 0 Å². The quantitative estimate of drug-likeness (QED) is 0.382. The van der Waals surface area contributed by atoms with Gasteiger partial charge < -0.3 is 9.94 Å². The van der Waals surface area contributed by atoms with Crippen molar-refractivity contribution in [3.63, 3.8) is 0 Å². The molecule has 6 heteroatoms. The van der Waals surface area contributed by atoms with Crippen molar-refractivity contribution >= 4 is 17.8 Å². The summed E-state index contributed by atoms with van der Waals surface area (Å²) in [6.07, 6.45) is 0.0693. The third-order valence-electron chi connectivity index (χ3n) is 0.740. The minimum atomic E-state index is -1.70. The van der Waals surface area contributed by atoms with E-state index >= 15 is 0 Å². The number of amides is 1. The molecule has 0 fully saturated rings. The minimum absolute atomic E-state index is 0.0693. The van der Waals surface area contributed by atoms with Gasteiger partial charge in [-0.05, 0) is 0 Å². The summed E-state index contributed by atoms with van der Waals surface area (Å²) in [5.41, 5.74) is 1.44. The molecule has 0 rings (SSSR count). The van der Waals surface area contributed by atoms with Crippen molar-refractivity contribution in [3.05, 3.63) is 0 Å². The van der Waals surface area contributed by atoms with Crippen LogP contribution in [0, 0.1) is 0 Å². The molecule has 11 heavy (non-hydrogen) atoms. The van der Waals surface area contributed by atoms with Gasteiger partial charge in [0, 0.05) is 6.42 Å². The van der Waals surface area contributed by atoms with Gasteiger partial charge in [0.05, 0.1) is 0 Å². The molecule has 2 N–H and O–H groups in total. The highest BCUT2D eigenvalue weighted by molar-refractivity contribution is 6.31. The lowest BCUT2D eigenvalue weighted by Crippen LogP contribution is -2.32. The molecule has 0 atom stereocenters. The number of hydroxylamine groups is 1. The molecule has 0 aromatic heterocycles. The zero-order valence-electron chi connectivity index (χ0n) is 5.79. The van der Waals surface area contributed by atoms with Crippen LogP contribution >= 0.6 is 0 Å². The van der Waals surface area contributed by atoms with E-state index in [0.29, 0.717) is 0 Å². The second-order valence-electron chi connectivity index (χ2n) is 1.56. The van der Waals surface area contributed by atoms with Crippen LogP contribution in [0.1, 0.15) is 13.3 Å².